The third-order valence-electron chi connectivity index (χ3n) is 2.93. The smallest absolute Gasteiger partial charge is 0.200 e. The van der Waals surface area contributed by atoms with E-state index in [1.54, 1.807) is 12.1 Å². The Morgan fingerprint density at radius 3 is 2.65 bits per heavy atom. The number of halogens is 2. The number of aryl methyl sites for hydroxylation is 2. The van der Waals surface area contributed by atoms with E-state index in [1.807, 2.05) is 26.0 Å². The average Bonchev–Trinajstić information content (AvgIpc) is 2.39. The van der Waals surface area contributed by atoms with Gasteiger partial charge in [-0.15, -0.1) is 0 Å². The lowest BCUT2D eigenvalue weighted by atomic mass is 10.0. The van der Waals surface area contributed by atoms with Crippen LogP contribution < -0.4 is 4.74 Å². The van der Waals surface area contributed by atoms with Crippen molar-refractivity contribution in [1.29, 1.82) is 0 Å². The molecule has 4 heteroatoms. The van der Waals surface area contributed by atoms with Crippen LogP contribution in [0.4, 0.5) is 4.39 Å². The maximum absolute atomic E-state index is 13.1. The van der Waals surface area contributed by atoms with Gasteiger partial charge in [0.05, 0.1) is 4.47 Å². The molecule has 0 aliphatic carbocycles. The van der Waals surface area contributed by atoms with Gasteiger partial charge in [-0.05, 0) is 47.5 Å². The Morgan fingerprint density at radius 2 is 1.95 bits per heavy atom. The standard InChI is InChI=1S/C16H14BrFO2/c1-10-3-5-13(11(2)7-10)15(19)9-20-16-8-12(18)4-6-14(16)17/h3-8H,9H2,1-2H3. The summed E-state index contributed by atoms with van der Waals surface area (Å²) in [5.41, 5.74) is 2.65. The quantitative estimate of drug-likeness (QED) is 0.770. The predicted molar refractivity (Wildman–Crippen MR) is 79.8 cm³/mol. The zero-order chi connectivity index (χ0) is 14.7. The molecular formula is C16H14BrFO2. The molecule has 104 valence electrons. The summed E-state index contributed by atoms with van der Waals surface area (Å²) < 4.78 is 19.1. The molecule has 2 nitrogen and oxygen atoms in total. The number of Topliss-reactive ketones (excluding diaryl/α,β-unsaturated/α-hetero) is 1. The topological polar surface area (TPSA) is 26.3 Å². The van der Waals surface area contributed by atoms with Crippen LogP contribution in [0.5, 0.6) is 5.75 Å². The summed E-state index contributed by atoms with van der Waals surface area (Å²) in [6, 6.07) is 9.75. The first-order chi connectivity index (χ1) is 9.47. The maximum Gasteiger partial charge on any atom is 0.200 e. The third-order valence-corrected chi connectivity index (χ3v) is 3.59. The van der Waals surface area contributed by atoms with Gasteiger partial charge in [0.1, 0.15) is 11.6 Å². The molecule has 0 fully saturated rings. The number of carbonyl (C=O) groups is 1. The fraction of sp³-hybridized carbons (Fsp3) is 0.188. The van der Waals surface area contributed by atoms with E-state index in [9.17, 15) is 9.18 Å². The Hall–Kier alpha value is -1.68. The molecule has 0 amide bonds. The number of rotatable bonds is 4. The molecule has 0 saturated carbocycles. The molecule has 0 aromatic heterocycles. The largest absolute Gasteiger partial charge is 0.484 e. The van der Waals surface area contributed by atoms with Gasteiger partial charge in [-0.3, -0.25) is 4.79 Å². The van der Waals surface area contributed by atoms with Crippen molar-refractivity contribution in [2.24, 2.45) is 0 Å². The first-order valence-electron chi connectivity index (χ1n) is 6.15. The summed E-state index contributed by atoms with van der Waals surface area (Å²) in [4.78, 5) is 12.1. The van der Waals surface area contributed by atoms with E-state index in [2.05, 4.69) is 15.9 Å². The van der Waals surface area contributed by atoms with E-state index in [0.717, 1.165) is 11.1 Å². The van der Waals surface area contributed by atoms with Crippen molar-refractivity contribution in [3.8, 4) is 5.75 Å². The first kappa shape index (κ1) is 14.7. The zero-order valence-electron chi connectivity index (χ0n) is 11.2. The summed E-state index contributed by atoms with van der Waals surface area (Å²) in [5.74, 6) is -0.205. The molecule has 0 aliphatic heterocycles. The summed E-state index contributed by atoms with van der Waals surface area (Å²) in [5, 5.41) is 0. The lowest BCUT2D eigenvalue weighted by molar-refractivity contribution is 0.0920. The van der Waals surface area contributed by atoms with Gasteiger partial charge in [-0.25, -0.2) is 4.39 Å². The highest BCUT2D eigenvalue weighted by Crippen LogP contribution is 2.25. The van der Waals surface area contributed by atoms with E-state index in [4.69, 9.17) is 4.74 Å². The van der Waals surface area contributed by atoms with E-state index in [1.165, 1.54) is 12.1 Å². The second kappa shape index (κ2) is 6.18. The predicted octanol–water partition coefficient (Wildman–Crippen LogP) is 4.47. The molecular weight excluding hydrogens is 323 g/mol. The molecule has 0 radical (unpaired) electrons. The number of ketones is 1. The minimum Gasteiger partial charge on any atom is -0.484 e. The van der Waals surface area contributed by atoms with Crippen LogP contribution in [0, 0.1) is 19.7 Å². The van der Waals surface area contributed by atoms with Crippen LogP contribution in [-0.4, -0.2) is 12.4 Å². The SMILES string of the molecule is Cc1ccc(C(=O)COc2cc(F)ccc2Br)c(C)c1. The maximum atomic E-state index is 13.1. The second-order valence-corrected chi connectivity index (χ2v) is 5.46. The number of ether oxygens (including phenoxy) is 1. The Kier molecular flexibility index (Phi) is 4.55. The average molecular weight is 337 g/mol. The number of hydrogen-bond donors (Lipinski definition) is 0. The summed E-state index contributed by atoms with van der Waals surface area (Å²) in [6.07, 6.45) is 0. The van der Waals surface area contributed by atoms with Crippen LogP contribution in [0.15, 0.2) is 40.9 Å². The molecule has 0 aliphatic rings. The van der Waals surface area contributed by atoms with Gasteiger partial charge in [0.2, 0.25) is 0 Å². The molecule has 0 heterocycles. The van der Waals surface area contributed by atoms with Gasteiger partial charge in [0.25, 0.3) is 0 Å². The molecule has 0 unspecified atom stereocenters. The zero-order valence-corrected chi connectivity index (χ0v) is 12.8. The summed E-state index contributed by atoms with van der Waals surface area (Å²) >= 11 is 3.26. The number of benzene rings is 2. The minimum absolute atomic E-state index is 0.119. The highest BCUT2D eigenvalue weighted by Gasteiger charge is 2.11. The molecule has 2 rings (SSSR count). The van der Waals surface area contributed by atoms with Gasteiger partial charge in [-0.1, -0.05) is 23.8 Å². The van der Waals surface area contributed by atoms with Crippen LogP contribution in [0.25, 0.3) is 0 Å². The third kappa shape index (κ3) is 3.45. The van der Waals surface area contributed by atoms with Crippen LogP contribution in [0.1, 0.15) is 21.5 Å². The van der Waals surface area contributed by atoms with Crippen molar-refractivity contribution in [2.75, 3.05) is 6.61 Å². The fourth-order valence-corrected chi connectivity index (χ4v) is 2.30. The Bertz CT molecular complexity index is 653. The van der Waals surface area contributed by atoms with E-state index in [0.29, 0.717) is 15.8 Å². The number of carbonyl (C=O) groups excluding carboxylic acids is 1. The van der Waals surface area contributed by atoms with Gasteiger partial charge in [0, 0.05) is 11.6 Å². The summed E-state index contributed by atoms with van der Waals surface area (Å²) in [6.45, 7) is 3.74. The Balaban J connectivity index is 2.10. The van der Waals surface area contributed by atoms with Crippen molar-refractivity contribution in [3.05, 3.63) is 63.4 Å². The van der Waals surface area contributed by atoms with E-state index >= 15 is 0 Å². The molecule has 0 saturated heterocycles. The molecule has 2 aromatic carbocycles. The van der Waals surface area contributed by atoms with Crippen molar-refractivity contribution in [3.63, 3.8) is 0 Å². The Labute approximate surface area is 125 Å². The highest BCUT2D eigenvalue weighted by molar-refractivity contribution is 9.10. The van der Waals surface area contributed by atoms with Crippen molar-refractivity contribution >= 4 is 21.7 Å². The van der Waals surface area contributed by atoms with Crippen LogP contribution >= 0.6 is 15.9 Å². The molecule has 0 atom stereocenters. The van der Waals surface area contributed by atoms with Crippen LogP contribution in [0.2, 0.25) is 0 Å². The van der Waals surface area contributed by atoms with Gasteiger partial charge in [-0.2, -0.15) is 0 Å². The van der Waals surface area contributed by atoms with Crippen LogP contribution in [0.3, 0.4) is 0 Å². The number of hydrogen-bond acceptors (Lipinski definition) is 2. The molecule has 2 aromatic rings. The van der Waals surface area contributed by atoms with Crippen molar-refractivity contribution < 1.29 is 13.9 Å². The Morgan fingerprint density at radius 1 is 1.20 bits per heavy atom. The molecule has 20 heavy (non-hydrogen) atoms. The van der Waals surface area contributed by atoms with Crippen molar-refractivity contribution in [1.82, 2.24) is 0 Å². The second-order valence-electron chi connectivity index (χ2n) is 4.60. The highest BCUT2D eigenvalue weighted by atomic mass is 79.9. The first-order valence-corrected chi connectivity index (χ1v) is 6.95. The lowest BCUT2D eigenvalue weighted by Crippen LogP contribution is -2.13. The molecule has 0 bridgehead atoms. The van der Waals surface area contributed by atoms with E-state index < -0.39 is 5.82 Å². The van der Waals surface area contributed by atoms with Gasteiger partial charge in [0.15, 0.2) is 12.4 Å². The monoisotopic (exact) mass is 336 g/mol. The molecule has 0 spiro atoms. The normalized spacial score (nSPS) is 10.4. The minimum atomic E-state index is -0.401. The fourth-order valence-electron chi connectivity index (χ4n) is 1.94. The van der Waals surface area contributed by atoms with Crippen molar-refractivity contribution in [2.45, 2.75) is 13.8 Å². The van der Waals surface area contributed by atoms with E-state index in [-0.39, 0.29) is 12.4 Å². The molecule has 0 N–H and O–H groups in total. The van der Waals surface area contributed by atoms with Crippen LogP contribution in [-0.2, 0) is 0 Å². The van der Waals surface area contributed by atoms with Gasteiger partial charge >= 0.3 is 0 Å². The van der Waals surface area contributed by atoms with Gasteiger partial charge < -0.3 is 4.74 Å². The summed E-state index contributed by atoms with van der Waals surface area (Å²) in [7, 11) is 0. The lowest BCUT2D eigenvalue weighted by Gasteiger charge is -2.09.